The van der Waals surface area contributed by atoms with Crippen molar-refractivity contribution >= 4 is 46.5 Å². The molecule has 0 aliphatic heterocycles. The largest absolute Gasteiger partial charge is 0.465 e. The average Bonchev–Trinajstić information content (AvgIpc) is 2.62. The minimum atomic E-state index is -0.695. The molecule has 2 rings (SSSR count). The number of carbonyl (C=O) groups excluding carboxylic acids is 2. The van der Waals surface area contributed by atoms with Gasteiger partial charge in [-0.1, -0.05) is 23.2 Å². The van der Waals surface area contributed by atoms with Gasteiger partial charge in [-0.15, -0.1) is 0 Å². The van der Waals surface area contributed by atoms with Gasteiger partial charge in [0.25, 0.3) is 5.69 Å². The van der Waals surface area contributed by atoms with Gasteiger partial charge in [0.15, 0.2) is 0 Å². The first kappa shape index (κ1) is 21.5. The Kier molecular flexibility index (Phi) is 7.19. The quantitative estimate of drug-likeness (QED) is 0.364. The number of benzene rings is 2. The van der Waals surface area contributed by atoms with E-state index in [0.29, 0.717) is 5.02 Å². The monoisotopic (exact) mass is 426 g/mol. The zero-order chi connectivity index (χ0) is 20.8. The zero-order valence-corrected chi connectivity index (χ0v) is 16.5. The van der Waals surface area contributed by atoms with Crippen molar-refractivity contribution in [3.05, 3.63) is 56.6 Å². The van der Waals surface area contributed by atoms with Crippen molar-refractivity contribution < 1.29 is 24.0 Å². The van der Waals surface area contributed by atoms with Gasteiger partial charge in [-0.05, 0) is 31.2 Å². The smallest absolute Gasteiger partial charge is 0.326 e. The molecular formula is C18H16Cl2N2O6. The average molecular weight is 427 g/mol. The van der Waals surface area contributed by atoms with E-state index >= 15 is 0 Å². The van der Waals surface area contributed by atoms with Crippen LogP contribution < -0.4 is 9.64 Å². The molecule has 2 aromatic rings. The van der Waals surface area contributed by atoms with Gasteiger partial charge in [0.05, 0.1) is 16.6 Å². The third-order valence-electron chi connectivity index (χ3n) is 3.53. The highest BCUT2D eigenvalue weighted by Gasteiger charge is 2.26. The van der Waals surface area contributed by atoms with E-state index in [0.717, 1.165) is 4.90 Å². The Bertz CT molecular complexity index is 919. The summed E-state index contributed by atoms with van der Waals surface area (Å²) in [6, 6.07) is 8.40. The fourth-order valence-corrected chi connectivity index (χ4v) is 2.77. The maximum Gasteiger partial charge on any atom is 0.326 e. The van der Waals surface area contributed by atoms with Crippen LogP contribution in [0.5, 0.6) is 11.5 Å². The van der Waals surface area contributed by atoms with Gasteiger partial charge < -0.3 is 9.47 Å². The SMILES string of the molecule is CCOC(=O)CN(C(C)=O)c1cc(Oc2ccc(Cl)cc2Cl)ccc1[N+](=O)[O-]. The molecule has 0 unspecified atom stereocenters. The number of nitro groups is 1. The fourth-order valence-electron chi connectivity index (χ4n) is 2.32. The van der Waals surface area contributed by atoms with Gasteiger partial charge in [-0.2, -0.15) is 0 Å². The molecule has 0 bridgehead atoms. The van der Waals surface area contributed by atoms with E-state index in [1.54, 1.807) is 13.0 Å². The molecule has 0 atom stereocenters. The second kappa shape index (κ2) is 9.38. The van der Waals surface area contributed by atoms with Crippen LogP contribution in [0.15, 0.2) is 36.4 Å². The molecule has 0 radical (unpaired) electrons. The second-order valence-electron chi connectivity index (χ2n) is 5.49. The number of halogens is 2. The molecule has 0 spiro atoms. The molecule has 0 aliphatic carbocycles. The number of amides is 1. The number of esters is 1. The van der Waals surface area contributed by atoms with E-state index in [-0.39, 0.29) is 34.5 Å². The maximum absolute atomic E-state index is 12.0. The van der Waals surface area contributed by atoms with Crippen molar-refractivity contribution in [2.24, 2.45) is 0 Å². The highest BCUT2D eigenvalue weighted by Crippen LogP contribution is 2.36. The summed E-state index contributed by atoms with van der Waals surface area (Å²) in [5.74, 6) is -0.817. The lowest BCUT2D eigenvalue weighted by Gasteiger charge is -2.20. The number of hydrogen-bond acceptors (Lipinski definition) is 6. The summed E-state index contributed by atoms with van der Waals surface area (Å²) in [4.78, 5) is 35.5. The second-order valence-corrected chi connectivity index (χ2v) is 6.34. The first-order valence-corrected chi connectivity index (χ1v) is 8.83. The Morgan fingerprint density at radius 3 is 2.46 bits per heavy atom. The highest BCUT2D eigenvalue weighted by atomic mass is 35.5. The molecule has 1 amide bonds. The number of rotatable bonds is 7. The van der Waals surface area contributed by atoms with E-state index in [9.17, 15) is 19.7 Å². The molecule has 8 nitrogen and oxygen atoms in total. The molecule has 0 saturated carbocycles. The molecule has 28 heavy (non-hydrogen) atoms. The van der Waals surface area contributed by atoms with Crippen LogP contribution in [0.4, 0.5) is 11.4 Å². The standard InChI is InChI=1S/C18H16Cl2N2O6/c1-3-27-18(24)10-21(11(2)23)16-9-13(5-6-15(16)22(25)26)28-17-7-4-12(19)8-14(17)20/h4-9H,3,10H2,1-2H3. The molecule has 10 heteroatoms. The van der Waals surface area contributed by atoms with Gasteiger partial charge >= 0.3 is 5.97 Å². The van der Waals surface area contributed by atoms with Gasteiger partial charge in [0.2, 0.25) is 5.91 Å². The predicted molar refractivity (Wildman–Crippen MR) is 104 cm³/mol. The molecule has 0 fully saturated rings. The summed E-state index contributed by atoms with van der Waals surface area (Å²) in [7, 11) is 0. The van der Waals surface area contributed by atoms with Crippen molar-refractivity contribution in [3.8, 4) is 11.5 Å². The maximum atomic E-state index is 12.0. The van der Waals surface area contributed by atoms with Gasteiger partial charge in [0.1, 0.15) is 23.7 Å². The van der Waals surface area contributed by atoms with Crippen molar-refractivity contribution in [3.63, 3.8) is 0 Å². The number of nitrogens with zero attached hydrogens (tertiary/aromatic N) is 2. The third-order valence-corrected chi connectivity index (χ3v) is 4.06. The number of hydrogen-bond donors (Lipinski definition) is 0. The lowest BCUT2D eigenvalue weighted by molar-refractivity contribution is -0.384. The normalized spacial score (nSPS) is 10.3. The molecule has 0 saturated heterocycles. The summed E-state index contributed by atoms with van der Waals surface area (Å²) >= 11 is 11.9. The lowest BCUT2D eigenvalue weighted by Crippen LogP contribution is -2.35. The molecule has 0 aromatic heterocycles. The molecular weight excluding hydrogens is 411 g/mol. The van der Waals surface area contributed by atoms with E-state index in [1.807, 2.05) is 0 Å². The molecule has 148 valence electrons. The first-order valence-electron chi connectivity index (χ1n) is 8.08. The van der Waals surface area contributed by atoms with E-state index in [2.05, 4.69) is 0 Å². The van der Waals surface area contributed by atoms with Gasteiger partial charge in [0, 0.05) is 24.1 Å². The van der Waals surface area contributed by atoms with Crippen LogP contribution >= 0.6 is 23.2 Å². The van der Waals surface area contributed by atoms with Crippen LogP contribution in [-0.4, -0.2) is 30.0 Å². The van der Waals surface area contributed by atoms with E-state index in [1.165, 1.54) is 37.3 Å². The summed E-state index contributed by atoms with van der Waals surface area (Å²) in [5, 5.41) is 12.1. The minimum Gasteiger partial charge on any atom is -0.465 e. The minimum absolute atomic E-state index is 0.104. The first-order chi connectivity index (χ1) is 13.2. The van der Waals surface area contributed by atoms with Crippen LogP contribution in [0.25, 0.3) is 0 Å². The third kappa shape index (κ3) is 5.34. The number of carbonyl (C=O) groups is 2. The van der Waals surface area contributed by atoms with Gasteiger partial charge in [-0.25, -0.2) is 0 Å². The van der Waals surface area contributed by atoms with Gasteiger partial charge in [-0.3, -0.25) is 24.6 Å². The van der Waals surface area contributed by atoms with Crippen molar-refractivity contribution in [1.82, 2.24) is 0 Å². The van der Waals surface area contributed by atoms with Crippen molar-refractivity contribution in [2.45, 2.75) is 13.8 Å². The van der Waals surface area contributed by atoms with E-state index < -0.39 is 23.3 Å². The molecule has 0 N–H and O–H groups in total. The summed E-state index contributed by atoms with van der Waals surface area (Å²) in [5.41, 5.74) is -0.470. The van der Waals surface area contributed by atoms with Crippen molar-refractivity contribution in [2.75, 3.05) is 18.1 Å². The topological polar surface area (TPSA) is 99.0 Å². The Morgan fingerprint density at radius 1 is 1.18 bits per heavy atom. The Morgan fingerprint density at radius 2 is 1.89 bits per heavy atom. The summed E-state index contributed by atoms with van der Waals surface area (Å²) in [6.07, 6.45) is 0. The van der Waals surface area contributed by atoms with Crippen LogP contribution in [0, 0.1) is 10.1 Å². The summed E-state index contributed by atoms with van der Waals surface area (Å²) < 4.78 is 10.5. The Labute approximate surface area is 170 Å². The molecule has 2 aromatic carbocycles. The molecule has 0 aliphatic rings. The van der Waals surface area contributed by atoms with Crippen molar-refractivity contribution in [1.29, 1.82) is 0 Å². The Hall–Kier alpha value is -2.84. The van der Waals surface area contributed by atoms with Crippen LogP contribution in [0.3, 0.4) is 0 Å². The predicted octanol–water partition coefficient (Wildman–Crippen LogP) is 4.61. The number of anilines is 1. The number of nitro benzene ring substituents is 1. The zero-order valence-electron chi connectivity index (χ0n) is 15.0. The summed E-state index contributed by atoms with van der Waals surface area (Å²) in [6.45, 7) is 2.44. The fraction of sp³-hybridized carbons (Fsp3) is 0.222. The highest BCUT2D eigenvalue weighted by molar-refractivity contribution is 6.35. The lowest BCUT2D eigenvalue weighted by atomic mass is 10.2. The Balaban J connectivity index is 2.44. The van der Waals surface area contributed by atoms with E-state index in [4.69, 9.17) is 32.7 Å². The van der Waals surface area contributed by atoms with Crippen LogP contribution in [0.2, 0.25) is 10.0 Å². The number of ether oxygens (including phenoxy) is 2. The molecule has 0 heterocycles. The van der Waals surface area contributed by atoms with Crippen LogP contribution in [-0.2, 0) is 14.3 Å². The van der Waals surface area contributed by atoms with Crippen LogP contribution in [0.1, 0.15) is 13.8 Å².